The fourth-order valence-electron chi connectivity index (χ4n) is 1.02. The summed E-state index contributed by atoms with van der Waals surface area (Å²) >= 11 is 5.58. The van der Waals surface area contributed by atoms with Gasteiger partial charge >= 0.3 is 0 Å². The Balaban J connectivity index is 2.17. The molecule has 0 aliphatic carbocycles. The molecule has 1 nitrogen and oxygen atoms in total. The maximum Gasteiger partial charge on any atom is 0.241 e. The summed E-state index contributed by atoms with van der Waals surface area (Å²) in [7, 11) is 0. The van der Waals surface area contributed by atoms with Gasteiger partial charge in [0.25, 0.3) is 0 Å². The van der Waals surface area contributed by atoms with Crippen molar-refractivity contribution in [1.82, 2.24) is 0 Å². The molecule has 0 amide bonds. The van der Waals surface area contributed by atoms with Gasteiger partial charge in [-0.1, -0.05) is 30.3 Å². The predicted molar refractivity (Wildman–Crippen MR) is 62.7 cm³/mol. The maximum absolute atomic E-state index is 12.8. The van der Waals surface area contributed by atoms with Crippen LogP contribution in [0.25, 0.3) is 0 Å². The third kappa shape index (κ3) is 5.73. The van der Waals surface area contributed by atoms with Crippen LogP contribution in [0.15, 0.2) is 30.3 Å². The minimum atomic E-state index is -1.60. The first-order valence-corrected chi connectivity index (χ1v) is 5.85. The number of halogens is 3. The number of hydrogen-bond acceptors (Lipinski definition) is 1. The van der Waals surface area contributed by atoms with Crippen LogP contribution in [0, 0.1) is 0 Å². The molecule has 0 aliphatic heterocycles. The topological polar surface area (TPSA) is 9.23 Å². The Morgan fingerprint density at radius 1 is 1.21 bits per heavy atom. The fraction of sp³-hybridized carbons (Fsp3) is 0.400. The van der Waals surface area contributed by atoms with E-state index in [4.69, 9.17) is 4.74 Å². The van der Waals surface area contributed by atoms with Crippen molar-refractivity contribution in [2.24, 2.45) is 0 Å². The third-order valence-corrected chi connectivity index (χ3v) is 2.10. The number of rotatable bonds is 5. The molecule has 0 heterocycles. The Labute approximate surface area is 99.9 Å². The van der Waals surface area contributed by atoms with E-state index >= 15 is 0 Å². The average Bonchev–Trinajstić information content (AvgIpc) is 2.13. The van der Waals surface area contributed by atoms with Crippen LogP contribution in [0.2, 0.25) is 0 Å². The molecule has 14 heavy (non-hydrogen) atoms. The minimum Gasteiger partial charge on any atom is -0.376 e. The second kappa shape index (κ2) is 5.83. The van der Waals surface area contributed by atoms with Crippen molar-refractivity contribution in [1.29, 1.82) is 0 Å². The number of alkyl halides is 3. The number of ether oxygens (including phenoxy) is 1. The Morgan fingerprint density at radius 3 is 2.43 bits per heavy atom. The molecule has 0 radical (unpaired) electrons. The first kappa shape index (κ1) is 12.1. The molecule has 78 valence electrons. The maximum atomic E-state index is 12.8. The molecule has 0 atom stereocenters. The third-order valence-electron chi connectivity index (χ3n) is 1.64. The van der Waals surface area contributed by atoms with Crippen LogP contribution in [0.4, 0.5) is 4.39 Å². The summed E-state index contributed by atoms with van der Waals surface area (Å²) in [6.45, 7) is 0.521. The van der Waals surface area contributed by atoms with Crippen molar-refractivity contribution in [3.63, 3.8) is 0 Å². The van der Waals surface area contributed by atoms with Crippen molar-refractivity contribution in [2.75, 3.05) is 13.2 Å². The zero-order valence-corrected chi connectivity index (χ0v) is 10.7. The zero-order chi connectivity index (χ0) is 10.4. The second-order valence-corrected chi connectivity index (χ2v) is 6.48. The monoisotopic (exact) mass is 324 g/mol. The molecule has 1 rings (SSSR count). The van der Waals surface area contributed by atoms with Gasteiger partial charge in [-0.05, 0) is 43.8 Å². The van der Waals surface area contributed by atoms with E-state index in [2.05, 4.69) is 31.9 Å². The molecule has 1 aromatic carbocycles. The summed E-state index contributed by atoms with van der Waals surface area (Å²) < 4.78 is 16.4. The van der Waals surface area contributed by atoms with E-state index in [1.54, 1.807) is 0 Å². The SMILES string of the molecule is FC(Br)(Br)COCCc1ccccc1. The smallest absolute Gasteiger partial charge is 0.241 e. The van der Waals surface area contributed by atoms with Crippen LogP contribution in [-0.4, -0.2) is 16.7 Å². The molecule has 0 unspecified atom stereocenters. The molecular formula is C10H11Br2FO. The lowest BCUT2D eigenvalue weighted by Gasteiger charge is -2.10. The fourth-order valence-corrected chi connectivity index (χ4v) is 1.35. The van der Waals surface area contributed by atoms with Crippen molar-refractivity contribution in [3.05, 3.63) is 35.9 Å². The molecule has 0 bridgehead atoms. The molecule has 0 saturated heterocycles. The quantitative estimate of drug-likeness (QED) is 0.593. The molecule has 0 N–H and O–H groups in total. The van der Waals surface area contributed by atoms with Crippen LogP contribution in [0.5, 0.6) is 0 Å². The van der Waals surface area contributed by atoms with Gasteiger partial charge in [0.05, 0.1) is 6.61 Å². The lowest BCUT2D eigenvalue weighted by molar-refractivity contribution is 0.106. The molecule has 4 heteroatoms. The van der Waals surface area contributed by atoms with Crippen LogP contribution < -0.4 is 0 Å². The molecule has 0 aromatic heterocycles. The minimum absolute atomic E-state index is 0.000165. The van der Waals surface area contributed by atoms with E-state index < -0.39 is 3.49 Å². The normalized spacial score (nSPS) is 11.6. The van der Waals surface area contributed by atoms with Crippen molar-refractivity contribution >= 4 is 31.9 Å². The van der Waals surface area contributed by atoms with Gasteiger partial charge in [0, 0.05) is 0 Å². The largest absolute Gasteiger partial charge is 0.376 e. The van der Waals surface area contributed by atoms with Crippen molar-refractivity contribution in [3.8, 4) is 0 Å². The van der Waals surface area contributed by atoms with Gasteiger partial charge < -0.3 is 4.74 Å². The Hall–Kier alpha value is 0.0700. The van der Waals surface area contributed by atoms with E-state index in [0.717, 1.165) is 6.42 Å². The summed E-state index contributed by atoms with van der Waals surface area (Å²) in [6.07, 6.45) is 0.802. The first-order chi connectivity index (χ1) is 6.58. The second-order valence-electron chi connectivity index (χ2n) is 2.90. The lowest BCUT2D eigenvalue weighted by Crippen LogP contribution is -2.14. The first-order valence-electron chi connectivity index (χ1n) is 4.26. The number of benzene rings is 1. The summed E-state index contributed by atoms with van der Waals surface area (Å²) in [4.78, 5) is 0. The van der Waals surface area contributed by atoms with E-state index in [9.17, 15) is 4.39 Å². The Kier molecular flexibility index (Phi) is 5.06. The van der Waals surface area contributed by atoms with E-state index in [1.165, 1.54) is 5.56 Å². The van der Waals surface area contributed by atoms with Gasteiger partial charge in [0.2, 0.25) is 3.49 Å². The number of hydrogen-bond donors (Lipinski definition) is 0. The summed E-state index contributed by atoms with van der Waals surface area (Å²) in [5.74, 6) is 0. The Bertz CT molecular complexity index is 259. The van der Waals surface area contributed by atoms with Gasteiger partial charge in [-0.25, -0.2) is 4.39 Å². The van der Waals surface area contributed by atoms with Gasteiger partial charge in [-0.3, -0.25) is 0 Å². The van der Waals surface area contributed by atoms with Gasteiger partial charge in [-0.2, -0.15) is 0 Å². The average molecular weight is 326 g/mol. The zero-order valence-electron chi connectivity index (χ0n) is 7.55. The highest BCUT2D eigenvalue weighted by atomic mass is 79.9. The Morgan fingerprint density at radius 2 is 1.86 bits per heavy atom. The summed E-state index contributed by atoms with van der Waals surface area (Å²) in [6, 6.07) is 9.96. The van der Waals surface area contributed by atoms with Crippen LogP contribution in [-0.2, 0) is 11.2 Å². The van der Waals surface area contributed by atoms with Crippen molar-refractivity contribution < 1.29 is 9.13 Å². The predicted octanol–water partition coefficient (Wildman–Crippen LogP) is 3.66. The lowest BCUT2D eigenvalue weighted by atomic mass is 10.2. The van der Waals surface area contributed by atoms with Gasteiger partial charge in [0.15, 0.2) is 0 Å². The summed E-state index contributed by atoms with van der Waals surface area (Å²) in [5.41, 5.74) is 1.20. The van der Waals surface area contributed by atoms with Gasteiger partial charge in [0.1, 0.15) is 6.61 Å². The molecular weight excluding hydrogens is 315 g/mol. The molecule has 0 fully saturated rings. The molecule has 0 saturated carbocycles. The highest BCUT2D eigenvalue weighted by Gasteiger charge is 2.20. The van der Waals surface area contributed by atoms with Crippen LogP contribution >= 0.6 is 31.9 Å². The van der Waals surface area contributed by atoms with Crippen molar-refractivity contribution in [2.45, 2.75) is 9.91 Å². The highest BCUT2D eigenvalue weighted by Crippen LogP contribution is 2.27. The standard InChI is InChI=1S/C10H11Br2FO/c11-10(12,13)8-14-7-6-9-4-2-1-3-5-9/h1-5H,6-8H2. The van der Waals surface area contributed by atoms with Crippen LogP contribution in [0.3, 0.4) is 0 Å². The van der Waals surface area contributed by atoms with Crippen LogP contribution in [0.1, 0.15) is 5.56 Å². The van der Waals surface area contributed by atoms with Gasteiger partial charge in [-0.15, -0.1) is 0 Å². The van der Waals surface area contributed by atoms with E-state index in [0.29, 0.717) is 6.61 Å². The molecule has 0 spiro atoms. The molecule has 1 aromatic rings. The van der Waals surface area contributed by atoms with E-state index in [1.807, 2.05) is 30.3 Å². The van der Waals surface area contributed by atoms with E-state index in [-0.39, 0.29) is 6.61 Å². The summed E-state index contributed by atoms with van der Waals surface area (Å²) in [5, 5.41) is 0. The molecule has 0 aliphatic rings. The highest BCUT2D eigenvalue weighted by molar-refractivity contribution is 9.25.